The van der Waals surface area contributed by atoms with Crippen LogP contribution in [-0.4, -0.2) is 4.92 Å². The summed E-state index contributed by atoms with van der Waals surface area (Å²) in [6.45, 7) is 1.52. The second-order valence-corrected chi connectivity index (χ2v) is 3.00. The molecule has 0 saturated carbocycles. The molecule has 0 bridgehead atoms. The first-order valence-electron chi connectivity index (χ1n) is 3.43. The van der Waals surface area contributed by atoms with Crippen LogP contribution in [0.4, 0.5) is 17.1 Å². The van der Waals surface area contributed by atoms with Gasteiger partial charge in [-0.25, -0.2) is 0 Å². The van der Waals surface area contributed by atoms with E-state index in [4.69, 9.17) is 23.1 Å². The predicted molar refractivity (Wildman–Crippen MR) is 51.7 cm³/mol. The number of nitro benzene ring substituents is 1. The number of nitrogens with zero attached hydrogens (tertiary/aromatic N) is 1. The second kappa shape index (κ2) is 3.10. The number of benzene rings is 1. The molecule has 0 atom stereocenters. The highest BCUT2D eigenvalue weighted by molar-refractivity contribution is 6.32. The summed E-state index contributed by atoms with van der Waals surface area (Å²) in [4.78, 5) is 9.97. The summed E-state index contributed by atoms with van der Waals surface area (Å²) in [6.07, 6.45) is 0. The first kappa shape index (κ1) is 9.60. The largest absolute Gasteiger partial charge is 0.397 e. The molecule has 0 aliphatic carbocycles. The van der Waals surface area contributed by atoms with Gasteiger partial charge in [0.2, 0.25) is 0 Å². The number of halogens is 1. The van der Waals surface area contributed by atoms with Gasteiger partial charge in [-0.3, -0.25) is 10.1 Å². The van der Waals surface area contributed by atoms with Gasteiger partial charge in [0.25, 0.3) is 5.69 Å². The van der Waals surface area contributed by atoms with Crippen molar-refractivity contribution in [2.24, 2.45) is 0 Å². The molecule has 13 heavy (non-hydrogen) atoms. The quantitative estimate of drug-likeness (QED) is 0.411. The van der Waals surface area contributed by atoms with Crippen molar-refractivity contribution < 1.29 is 4.92 Å². The predicted octanol–water partition coefficient (Wildman–Crippen LogP) is 1.72. The van der Waals surface area contributed by atoms with E-state index in [0.29, 0.717) is 5.56 Å². The maximum absolute atomic E-state index is 10.6. The smallest absolute Gasteiger partial charge is 0.298 e. The van der Waals surface area contributed by atoms with Crippen LogP contribution in [0, 0.1) is 17.0 Å². The number of nitro groups is 1. The van der Waals surface area contributed by atoms with Crippen LogP contribution >= 0.6 is 11.6 Å². The van der Waals surface area contributed by atoms with E-state index in [1.165, 1.54) is 13.0 Å². The first-order valence-corrected chi connectivity index (χ1v) is 3.81. The summed E-state index contributed by atoms with van der Waals surface area (Å²) in [5.74, 6) is 0. The van der Waals surface area contributed by atoms with Gasteiger partial charge >= 0.3 is 0 Å². The Labute approximate surface area is 79.4 Å². The van der Waals surface area contributed by atoms with Gasteiger partial charge in [-0.2, -0.15) is 0 Å². The van der Waals surface area contributed by atoms with Gasteiger partial charge in [0.05, 0.1) is 15.6 Å². The minimum Gasteiger partial charge on any atom is -0.397 e. The van der Waals surface area contributed by atoms with Crippen LogP contribution in [-0.2, 0) is 0 Å². The zero-order valence-corrected chi connectivity index (χ0v) is 7.63. The maximum Gasteiger partial charge on any atom is 0.298 e. The topological polar surface area (TPSA) is 95.2 Å². The SMILES string of the molecule is Cc1c(Cl)cc(N)c(N)c1[N+](=O)[O-]. The summed E-state index contributed by atoms with van der Waals surface area (Å²) >= 11 is 5.70. The Morgan fingerprint density at radius 3 is 2.54 bits per heavy atom. The maximum atomic E-state index is 10.6. The van der Waals surface area contributed by atoms with Crippen molar-refractivity contribution >= 4 is 28.7 Å². The van der Waals surface area contributed by atoms with Crippen LogP contribution in [0.3, 0.4) is 0 Å². The van der Waals surface area contributed by atoms with Crippen molar-refractivity contribution in [2.75, 3.05) is 11.5 Å². The van der Waals surface area contributed by atoms with Crippen molar-refractivity contribution in [2.45, 2.75) is 6.92 Å². The van der Waals surface area contributed by atoms with Gasteiger partial charge < -0.3 is 11.5 Å². The van der Waals surface area contributed by atoms with Crippen LogP contribution in [0.25, 0.3) is 0 Å². The number of hydrogen-bond acceptors (Lipinski definition) is 4. The molecule has 6 heteroatoms. The Balaban J connectivity index is 3.56. The van der Waals surface area contributed by atoms with Crippen LogP contribution in [0.1, 0.15) is 5.56 Å². The molecular weight excluding hydrogens is 194 g/mol. The van der Waals surface area contributed by atoms with E-state index in [1.807, 2.05) is 0 Å². The molecule has 1 rings (SSSR count). The van der Waals surface area contributed by atoms with Crippen molar-refractivity contribution in [3.8, 4) is 0 Å². The minimum atomic E-state index is -0.590. The molecular formula is C7H8ClN3O2. The molecule has 70 valence electrons. The fourth-order valence-electron chi connectivity index (χ4n) is 1.01. The molecule has 0 saturated heterocycles. The third-order valence-corrected chi connectivity index (χ3v) is 2.14. The van der Waals surface area contributed by atoms with E-state index in [1.54, 1.807) is 0 Å². The molecule has 0 heterocycles. The highest BCUT2D eigenvalue weighted by Gasteiger charge is 2.20. The molecule has 5 nitrogen and oxygen atoms in total. The van der Waals surface area contributed by atoms with E-state index < -0.39 is 4.92 Å². The lowest BCUT2D eigenvalue weighted by atomic mass is 10.1. The number of nitrogens with two attached hydrogens (primary N) is 2. The van der Waals surface area contributed by atoms with E-state index in [-0.39, 0.29) is 22.1 Å². The van der Waals surface area contributed by atoms with Gasteiger partial charge in [-0.15, -0.1) is 0 Å². The summed E-state index contributed by atoms with van der Waals surface area (Å²) in [7, 11) is 0. The van der Waals surface area contributed by atoms with Gasteiger partial charge in [0.15, 0.2) is 0 Å². The van der Waals surface area contributed by atoms with Crippen molar-refractivity contribution in [1.29, 1.82) is 0 Å². The van der Waals surface area contributed by atoms with E-state index >= 15 is 0 Å². The third kappa shape index (κ3) is 1.50. The Hall–Kier alpha value is -1.49. The van der Waals surface area contributed by atoms with Crippen molar-refractivity contribution in [3.05, 3.63) is 26.8 Å². The summed E-state index contributed by atoms with van der Waals surface area (Å²) in [6, 6.07) is 1.40. The van der Waals surface area contributed by atoms with Gasteiger partial charge in [-0.05, 0) is 13.0 Å². The molecule has 0 unspecified atom stereocenters. The Bertz CT molecular complexity index is 352. The van der Waals surface area contributed by atoms with E-state index in [0.717, 1.165) is 0 Å². The molecule has 0 radical (unpaired) electrons. The lowest BCUT2D eigenvalue weighted by Crippen LogP contribution is -2.02. The number of anilines is 2. The molecule has 0 fully saturated rings. The molecule has 0 amide bonds. The van der Waals surface area contributed by atoms with Crippen LogP contribution < -0.4 is 11.5 Å². The average molecular weight is 202 g/mol. The highest BCUT2D eigenvalue weighted by atomic mass is 35.5. The number of nitrogen functional groups attached to an aromatic ring is 2. The molecule has 1 aromatic rings. The fourth-order valence-corrected chi connectivity index (χ4v) is 1.22. The van der Waals surface area contributed by atoms with Crippen molar-refractivity contribution in [3.63, 3.8) is 0 Å². The first-order chi connectivity index (χ1) is 5.95. The van der Waals surface area contributed by atoms with Crippen LogP contribution in [0.5, 0.6) is 0 Å². The van der Waals surface area contributed by atoms with Crippen molar-refractivity contribution in [1.82, 2.24) is 0 Å². The molecule has 0 aliphatic heterocycles. The molecule has 4 N–H and O–H groups in total. The molecule has 0 aliphatic rings. The van der Waals surface area contributed by atoms with Gasteiger partial charge in [0.1, 0.15) is 5.69 Å². The average Bonchev–Trinajstić information content (AvgIpc) is 2.01. The van der Waals surface area contributed by atoms with Crippen LogP contribution in [0.15, 0.2) is 6.07 Å². The highest BCUT2D eigenvalue weighted by Crippen LogP contribution is 2.35. The summed E-state index contributed by atoms with van der Waals surface area (Å²) in [5, 5.41) is 10.8. The second-order valence-electron chi connectivity index (χ2n) is 2.59. The van der Waals surface area contributed by atoms with Crippen LogP contribution in [0.2, 0.25) is 5.02 Å². The zero-order valence-electron chi connectivity index (χ0n) is 6.87. The zero-order chi connectivity index (χ0) is 10.2. The Kier molecular flexibility index (Phi) is 2.29. The number of rotatable bonds is 1. The summed E-state index contributed by atoms with van der Waals surface area (Å²) < 4.78 is 0. The standard InChI is InChI=1S/C7H8ClN3O2/c1-3-4(8)2-5(9)6(10)7(3)11(12)13/h2H,9-10H2,1H3. The fraction of sp³-hybridized carbons (Fsp3) is 0.143. The third-order valence-electron chi connectivity index (χ3n) is 1.74. The molecule has 0 aromatic heterocycles. The van der Waals surface area contributed by atoms with Gasteiger partial charge in [0, 0.05) is 5.56 Å². The Morgan fingerprint density at radius 2 is 2.08 bits per heavy atom. The van der Waals surface area contributed by atoms with E-state index in [2.05, 4.69) is 0 Å². The van der Waals surface area contributed by atoms with Gasteiger partial charge in [-0.1, -0.05) is 11.6 Å². The molecule has 1 aromatic carbocycles. The minimum absolute atomic E-state index is 0.0353. The summed E-state index contributed by atoms with van der Waals surface area (Å²) in [5.41, 5.74) is 11.0. The lowest BCUT2D eigenvalue weighted by Gasteiger charge is -2.05. The lowest BCUT2D eigenvalue weighted by molar-refractivity contribution is -0.384. The Morgan fingerprint density at radius 1 is 1.54 bits per heavy atom. The normalized spacial score (nSPS) is 10.0. The van der Waals surface area contributed by atoms with E-state index in [9.17, 15) is 10.1 Å². The molecule has 0 spiro atoms. The monoisotopic (exact) mass is 201 g/mol. The number of hydrogen-bond donors (Lipinski definition) is 2.